The van der Waals surface area contributed by atoms with Gasteiger partial charge < -0.3 is 20.5 Å². The first-order valence-corrected chi connectivity index (χ1v) is 9.67. The van der Waals surface area contributed by atoms with E-state index in [1.165, 1.54) is 19.3 Å². The Kier molecular flexibility index (Phi) is 4.59. The minimum Gasteiger partial charge on any atom is -0.508 e. The molecule has 5 heteroatoms. The number of benzene rings is 1. The molecule has 2 atom stereocenters. The smallest absolute Gasteiger partial charge is 0.315 e. The van der Waals surface area contributed by atoms with Crippen LogP contribution in [0.2, 0.25) is 0 Å². The van der Waals surface area contributed by atoms with E-state index < -0.39 is 0 Å². The number of phenolic OH excluding ortho intramolecular Hbond substituents is 1. The second kappa shape index (κ2) is 6.87. The van der Waals surface area contributed by atoms with Gasteiger partial charge >= 0.3 is 6.03 Å². The van der Waals surface area contributed by atoms with Crippen molar-refractivity contribution in [2.45, 2.75) is 75.5 Å². The van der Waals surface area contributed by atoms with E-state index in [2.05, 4.69) is 10.6 Å². The summed E-state index contributed by atoms with van der Waals surface area (Å²) in [6.07, 6.45) is 9.51. The maximum absolute atomic E-state index is 12.5. The predicted molar refractivity (Wildman–Crippen MR) is 95.6 cm³/mol. The van der Waals surface area contributed by atoms with Crippen molar-refractivity contribution >= 4 is 6.03 Å². The van der Waals surface area contributed by atoms with Gasteiger partial charge in [0.2, 0.25) is 0 Å². The topological polar surface area (TPSA) is 70.6 Å². The minimum atomic E-state index is -0.0981. The summed E-state index contributed by atoms with van der Waals surface area (Å²) in [6, 6.07) is 5.64. The molecule has 1 saturated heterocycles. The van der Waals surface area contributed by atoms with E-state index in [0.29, 0.717) is 5.75 Å². The Morgan fingerprint density at radius 1 is 1.16 bits per heavy atom. The molecule has 2 amide bonds. The van der Waals surface area contributed by atoms with Gasteiger partial charge in [-0.25, -0.2) is 4.79 Å². The van der Waals surface area contributed by atoms with E-state index in [1.54, 1.807) is 6.07 Å². The molecule has 0 radical (unpaired) electrons. The molecule has 1 spiro atoms. The monoisotopic (exact) mass is 344 g/mol. The molecule has 2 fully saturated rings. The van der Waals surface area contributed by atoms with Gasteiger partial charge in [-0.05, 0) is 55.7 Å². The number of carbonyl (C=O) groups is 1. The number of hydrogen-bond acceptors (Lipinski definition) is 3. The van der Waals surface area contributed by atoms with E-state index in [4.69, 9.17) is 4.74 Å². The molecule has 1 aromatic rings. The molecule has 2 aliphatic carbocycles. The van der Waals surface area contributed by atoms with Gasteiger partial charge in [0, 0.05) is 12.6 Å². The van der Waals surface area contributed by atoms with Crippen molar-refractivity contribution in [2.75, 3.05) is 6.61 Å². The summed E-state index contributed by atoms with van der Waals surface area (Å²) >= 11 is 0. The first-order valence-electron chi connectivity index (χ1n) is 9.67. The number of hydrogen-bond donors (Lipinski definition) is 3. The van der Waals surface area contributed by atoms with E-state index >= 15 is 0 Å². The lowest BCUT2D eigenvalue weighted by atomic mass is 9.78. The number of phenols is 1. The molecule has 1 heterocycles. The first kappa shape index (κ1) is 16.7. The summed E-state index contributed by atoms with van der Waals surface area (Å²) in [5, 5.41) is 16.2. The van der Waals surface area contributed by atoms with Gasteiger partial charge in [-0.2, -0.15) is 0 Å². The maximum Gasteiger partial charge on any atom is 0.315 e. The summed E-state index contributed by atoms with van der Waals surface area (Å²) in [5.41, 5.74) is 2.02. The van der Waals surface area contributed by atoms with Crippen molar-refractivity contribution in [3.63, 3.8) is 0 Å². The largest absolute Gasteiger partial charge is 0.508 e. The van der Waals surface area contributed by atoms with Crippen molar-refractivity contribution in [2.24, 2.45) is 0 Å². The number of nitrogens with one attached hydrogen (secondary N) is 2. The molecule has 0 bridgehead atoms. The molecule has 1 saturated carbocycles. The van der Waals surface area contributed by atoms with Crippen LogP contribution in [0.1, 0.15) is 68.5 Å². The normalized spacial score (nSPS) is 27.7. The Morgan fingerprint density at radius 2 is 2.00 bits per heavy atom. The highest BCUT2D eigenvalue weighted by Gasteiger charge is 2.39. The third-order valence-electron chi connectivity index (χ3n) is 6.14. The fourth-order valence-corrected chi connectivity index (χ4v) is 4.87. The van der Waals surface area contributed by atoms with Crippen LogP contribution in [0.25, 0.3) is 0 Å². The molecule has 25 heavy (non-hydrogen) atoms. The van der Waals surface area contributed by atoms with Crippen molar-refractivity contribution in [1.29, 1.82) is 0 Å². The number of carbonyl (C=O) groups excluding carboxylic acids is 1. The summed E-state index contributed by atoms with van der Waals surface area (Å²) in [7, 11) is 0. The van der Waals surface area contributed by atoms with Crippen LogP contribution >= 0.6 is 0 Å². The van der Waals surface area contributed by atoms with Crippen LogP contribution in [0.5, 0.6) is 5.75 Å². The molecule has 4 rings (SSSR count). The van der Waals surface area contributed by atoms with Crippen molar-refractivity contribution < 1.29 is 14.6 Å². The van der Waals surface area contributed by atoms with E-state index in [0.717, 1.165) is 56.3 Å². The molecule has 136 valence electrons. The standard InChI is InChI=1S/C20H28N2O3/c23-18-6-4-5-15-16(18)7-8-17(15)22-19(24)21-14-9-12-25-20(13-14)10-2-1-3-11-20/h4-6,14,17,23H,1-3,7-13H2,(H2,21,22,24)/t14-,17+/m1/s1. The lowest BCUT2D eigenvalue weighted by Gasteiger charge is -2.43. The Hall–Kier alpha value is -1.75. The van der Waals surface area contributed by atoms with Crippen LogP contribution in [0.4, 0.5) is 4.79 Å². The molecule has 3 aliphatic rings. The number of fused-ring (bicyclic) bond motifs is 1. The number of amides is 2. The zero-order valence-corrected chi connectivity index (χ0v) is 14.7. The number of urea groups is 1. The van der Waals surface area contributed by atoms with Crippen LogP contribution in [0.3, 0.4) is 0 Å². The second-order valence-corrected chi connectivity index (χ2v) is 7.84. The number of aromatic hydroxyl groups is 1. The van der Waals surface area contributed by atoms with Gasteiger partial charge in [-0.1, -0.05) is 31.4 Å². The Labute approximate surface area is 149 Å². The van der Waals surface area contributed by atoms with Crippen LogP contribution in [-0.4, -0.2) is 29.4 Å². The van der Waals surface area contributed by atoms with Crippen molar-refractivity contribution in [1.82, 2.24) is 10.6 Å². The van der Waals surface area contributed by atoms with Gasteiger partial charge in [0.15, 0.2) is 0 Å². The molecular weight excluding hydrogens is 316 g/mol. The fraction of sp³-hybridized carbons (Fsp3) is 0.650. The number of rotatable bonds is 2. The minimum absolute atomic E-state index is 0.000193. The van der Waals surface area contributed by atoms with Gasteiger partial charge in [-0.15, -0.1) is 0 Å². The predicted octanol–water partition coefficient (Wildman–Crippen LogP) is 3.56. The van der Waals surface area contributed by atoms with Crippen LogP contribution < -0.4 is 10.6 Å². The quantitative estimate of drug-likeness (QED) is 0.768. The second-order valence-electron chi connectivity index (χ2n) is 7.84. The fourth-order valence-electron chi connectivity index (χ4n) is 4.87. The van der Waals surface area contributed by atoms with Crippen LogP contribution in [0.15, 0.2) is 18.2 Å². The maximum atomic E-state index is 12.5. The Morgan fingerprint density at radius 3 is 2.84 bits per heavy atom. The van der Waals surface area contributed by atoms with Crippen LogP contribution in [-0.2, 0) is 11.2 Å². The zero-order chi connectivity index (χ0) is 17.3. The average Bonchev–Trinajstić information content (AvgIpc) is 3.00. The Bertz CT molecular complexity index is 634. The summed E-state index contributed by atoms with van der Waals surface area (Å²) in [4.78, 5) is 12.5. The van der Waals surface area contributed by atoms with E-state index in [-0.39, 0.29) is 23.7 Å². The zero-order valence-electron chi connectivity index (χ0n) is 14.7. The molecule has 3 N–H and O–H groups in total. The highest BCUT2D eigenvalue weighted by atomic mass is 16.5. The summed E-state index contributed by atoms with van der Waals surface area (Å²) < 4.78 is 6.11. The third kappa shape index (κ3) is 3.47. The first-order chi connectivity index (χ1) is 12.2. The van der Waals surface area contributed by atoms with Crippen molar-refractivity contribution in [3.8, 4) is 5.75 Å². The molecule has 1 aliphatic heterocycles. The highest BCUT2D eigenvalue weighted by molar-refractivity contribution is 5.75. The molecule has 5 nitrogen and oxygen atoms in total. The Balaban J connectivity index is 1.35. The lowest BCUT2D eigenvalue weighted by Crippen LogP contribution is -2.51. The average molecular weight is 344 g/mol. The van der Waals surface area contributed by atoms with Gasteiger partial charge in [0.1, 0.15) is 5.75 Å². The molecular formula is C20H28N2O3. The third-order valence-corrected chi connectivity index (χ3v) is 6.14. The SMILES string of the molecule is O=C(N[C@@H]1CCOC2(CCCCC2)C1)N[C@H]1CCc2c(O)cccc21. The van der Waals surface area contributed by atoms with E-state index in [9.17, 15) is 9.90 Å². The number of ether oxygens (including phenoxy) is 1. The lowest BCUT2D eigenvalue weighted by molar-refractivity contribution is -0.107. The molecule has 0 unspecified atom stereocenters. The van der Waals surface area contributed by atoms with Gasteiger partial charge in [-0.3, -0.25) is 0 Å². The molecule has 1 aromatic carbocycles. The van der Waals surface area contributed by atoms with Gasteiger partial charge in [0.05, 0.1) is 11.6 Å². The van der Waals surface area contributed by atoms with Crippen molar-refractivity contribution in [3.05, 3.63) is 29.3 Å². The highest BCUT2D eigenvalue weighted by Crippen LogP contribution is 2.39. The molecule has 0 aromatic heterocycles. The summed E-state index contributed by atoms with van der Waals surface area (Å²) in [5.74, 6) is 0.339. The van der Waals surface area contributed by atoms with Gasteiger partial charge in [0.25, 0.3) is 0 Å². The van der Waals surface area contributed by atoms with E-state index in [1.807, 2.05) is 12.1 Å². The van der Waals surface area contributed by atoms with Crippen LogP contribution in [0, 0.1) is 0 Å². The summed E-state index contributed by atoms with van der Waals surface area (Å²) in [6.45, 7) is 0.741.